The zero-order valence-corrected chi connectivity index (χ0v) is 34.7. The molecule has 0 bridgehead atoms. The SMILES string of the molecule is CCC/C=C\CCCCCCCC(=O)NC(COP(=O)(O)OCC[N+](C)(C)C)C(O)/C=C/CC/C=C/CCCCCCCCCCCCCCC. The van der Waals surface area contributed by atoms with Gasteiger partial charge in [0.1, 0.15) is 13.2 Å². The zero-order valence-electron chi connectivity index (χ0n) is 33.8. The van der Waals surface area contributed by atoms with Gasteiger partial charge in [-0.25, -0.2) is 4.57 Å². The first-order valence-electron chi connectivity index (χ1n) is 20.9. The van der Waals surface area contributed by atoms with Crippen molar-refractivity contribution in [3.05, 3.63) is 36.5 Å². The maximum Gasteiger partial charge on any atom is 0.472 e. The average Bonchev–Trinajstić information content (AvgIpc) is 3.07. The predicted molar refractivity (Wildman–Crippen MR) is 217 cm³/mol. The molecule has 9 heteroatoms. The number of phosphoric acid groups is 1. The standard InChI is InChI=1S/C42H81N2O6P/c1-6-8-10-12-14-16-18-19-20-21-22-23-24-25-26-27-29-31-33-35-41(45)40(39-50-51(47,48)49-38-37-44(3,4)5)43-42(46)36-34-32-30-28-17-15-13-11-9-7-2/h11,13,26-27,33,35,40-41,45H,6-10,12,14-25,28-32,34,36-39H2,1-5H3,(H-,43,46,47,48)/p+1/b13-11-,27-26+,35-33+. The van der Waals surface area contributed by atoms with Crippen LogP contribution in [-0.4, -0.2) is 73.4 Å². The molecule has 0 heterocycles. The van der Waals surface area contributed by atoms with Crippen LogP contribution in [0.1, 0.15) is 174 Å². The minimum absolute atomic E-state index is 0.0542. The molecular formula is C42H82N2O6P+. The Hall–Kier alpha value is -1.28. The summed E-state index contributed by atoms with van der Waals surface area (Å²) in [5.74, 6) is -0.201. The van der Waals surface area contributed by atoms with Gasteiger partial charge in [-0.2, -0.15) is 0 Å². The molecule has 0 fully saturated rings. The Bertz CT molecular complexity index is 933. The molecule has 0 saturated carbocycles. The summed E-state index contributed by atoms with van der Waals surface area (Å²) in [4.78, 5) is 23.0. The lowest BCUT2D eigenvalue weighted by Gasteiger charge is -2.25. The van der Waals surface area contributed by atoms with E-state index in [2.05, 4.69) is 43.5 Å². The molecule has 51 heavy (non-hydrogen) atoms. The van der Waals surface area contributed by atoms with Gasteiger partial charge in [0.25, 0.3) is 0 Å². The Morgan fingerprint density at radius 3 is 1.65 bits per heavy atom. The summed E-state index contributed by atoms with van der Waals surface area (Å²) in [6, 6.07) is -0.864. The van der Waals surface area contributed by atoms with Crippen molar-refractivity contribution in [2.75, 3.05) is 40.9 Å². The zero-order chi connectivity index (χ0) is 37.9. The summed E-state index contributed by atoms with van der Waals surface area (Å²) < 4.78 is 23.4. The van der Waals surface area contributed by atoms with E-state index in [9.17, 15) is 19.4 Å². The Balaban J connectivity index is 4.48. The van der Waals surface area contributed by atoms with Crippen LogP contribution in [-0.2, 0) is 18.4 Å². The molecule has 0 rings (SSSR count). The fourth-order valence-electron chi connectivity index (χ4n) is 5.70. The van der Waals surface area contributed by atoms with Gasteiger partial charge in [0.15, 0.2) is 0 Å². The van der Waals surface area contributed by atoms with Crippen LogP contribution in [0.5, 0.6) is 0 Å². The van der Waals surface area contributed by atoms with Crippen molar-refractivity contribution < 1.29 is 32.9 Å². The molecule has 0 aromatic heterocycles. The van der Waals surface area contributed by atoms with E-state index in [0.717, 1.165) is 64.2 Å². The number of unbranched alkanes of at least 4 members (excludes halogenated alkanes) is 20. The largest absolute Gasteiger partial charge is 0.472 e. The third-order valence-corrected chi connectivity index (χ3v) is 10.0. The molecule has 300 valence electrons. The lowest BCUT2D eigenvalue weighted by Crippen LogP contribution is -2.45. The van der Waals surface area contributed by atoms with Gasteiger partial charge in [-0.1, -0.05) is 153 Å². The van der Waals surface area contributed by atoms with Gasteiger partial charge in [0, 0.05) is 6.42 Å². The van der Waals surface area contributed by atoms with Crippen molar-refractivity contribution in [1.82, 2.24) is 5.32 Å². The molecule has 0 aromatic carbocycles. The summed E-state index contributed by atoms with van der Waals surface area (Å²) in [6.07, 6.45) is 40.8. The van der Waals surface area contributed by atoms with E-state index in [0.29, 0.717) is 17.4 Å². The van der Waals surface area contributed by atoms with Crippen LogP contribution in [0.2, 0.25) is 0 Å². The highest BCUT2D eigenvalue weighted by atomic mass is 31.2. The molecular weight excluding hydrogens is 659 g/mol. The second-order valence-corrected chi connectivity index (χ2v) is 16.8. The molecule has 0 aliphatic rings. The fourth-order valence-corrected chi connectivity index (χ4v) is 6.44. The number of phosphoric ester groups is 1. The number of nitrogens with zero attached hydrogens (tertiary/aromatic N) is 1. The average molecular weight is 742 g/mol. The van der Waals surface area contributed by atoms with Crippen molar-refractivity contribution in [2.24, 2.45) is 0 Å². The Morgan fingerprint density at radius 1 is 0.647 bits per heavy atom. The summed E-state index contributed by atoms with van der Waals surface area (Å²) in [7, 11) is 1.54. The number of quaternary nitrogens is 1. The fraction of sp³-hybridized carbons (Fsp3) is 0.833. The Morgan fingerprint density at radius 2 is 1.12 bits per heavy atom. The van der Waals surface area contributed by atoms with E-state index in [-0.39, 0.29) is 19.1 Å². The van der Waals surface area contributed by atoms with E-state index in [1.165, 1.54) is 89.9 Å². The molecule has 8 nitrogen and oxygen atoms in total. The normalized spacial score (nSPS) is 14.9. The van der Waals surface area contributed by atoms with Crippen LogP contribution in [0.4, 0.5) is 0 Å². The van der Waals surface area contributed by atoms with Crippen molar-refractivity contribution in [3.8, 4) is 0 Å². The molecule has 0 aliphatic carbocycles. The highest BCUT2D eigenvalue weighted by Gasteiger charge is 2.27. The third kappa shape index (κ3) is 36.9. The molecule has 0 saturated heterocycles. The highest BCUT2D eigenvalue weighted by Crippen LogP contribution is 2.43. The number of likely N-dealkylation sites (N-methyl/N-ethyl adjacent to an activating group) is 1. The monoisotopic (exact) mass is 742 g/mol. The number of carbonyl (C=O) groups is 1. The first-order chi connectivity index (χ1) is 24.5. The van der Waals surface area contributed by atoms with Crippen LogP contribution >= 0.6 is 7.82 Å². The Kier molecular flexibility index (Phi) is 33.6. The summed E-state index contributed by atoms with van der Waals surface area (Å²) in [5.41, 5.74) is 0. The van der Waals surface area contributed by atoms with Crippen LogP contribution in [0.3, 0.4) is 0 Å². The minimum atomic E-state index is -4.34. The number of rotatable bonds is 37. The van der Waals surface area contributed by atoms with Crippen LogP contribution in [0.15, 0.2) is 36.5 Å². The Labute approximate surface area is 315 Å². The van der Waals surface area contributed by atoms with E-state index >= 15 is 0 Å². The second kappa shape index (κ2) is 34.5. The number of carbonyl (C=O) groups excluding carboxylic acids is 1. The minimum Gasteiger partial charge on any atom is -0.387 e. The molecule has 3 unspecified atom stereocenters. The van der Waals surface area contributed by atoms with Crippen molar-refractivity contribution in [1.29, 1.82) is 0 Å². The van der Waals surface area contributed by atoms with E-state index in [1.54, 1.807) is 6.08 Å². The van der Waals surface area contributed by atoms with Crippen LogP contribution < -0.4 is 5.32 Å². The van der Waals surface area contributed by atoms with Gasteiger partial charge < -0.3 is 19.8 Å². The summed E-state index contributed by atoms with van der Waals surface area (Å²) in [6.45, 7) is 4.71. The number of allylic oxidation sites excluding steroid dienone is 5. The number of aliphatic hydroxyl groups excluding tert-OH is 1. The molecule has 3 atom stereocenters. The smallest absolute Gasteiger partial charge is 0.387 e. The molecule has 0 aromatic rings. The van der Waals surface area contributed by atoms with E-state index in [1.807, 2.05) is 27.2 Å². The van der Waals surface area contributed by atoms with Gasteiger partial charge in [-0.3, -0.25) is 13.8 Å². The van der Waals surface area contributed by atoms with Crippen molar-refractivity contribution in [3.63, 3.8) is 0 Å². The van der Waals surface area contributed by atoms with Crippen molar-refractivity contribution in [2.45, 2.75) is 187 Å². The topological polar surface area (TPSA) is 105 Å². The first kappa shape index (κ1) is 49.7. The number of nitrogens with one attached hydrogen (secondary N) is 1. The maximum absolute atomic E-state index is 12.8. The lowest BCUT2D eigenvalue weighted by molar-refractivity contribution is -0.870. The predicted octanol–water partition coefficient (Wildman–Crippen LogP) is 11.1. The number of amides is 1. The number of aliphatic hydroxyl groups is 1. The van der Waals surface area contributed by atoms with E-state index in [4.69, 9.17) is 9.05 Å². The quantitative estimate of drug-likeness (QED) is 0.0253. The summed E-state index contributed by atoms with van der Waals surface area (Å²) >= 11 is 0. The maximum atomic E-state index is 12.8. The summed E-state index contributed by atoms with van der Waals surface area (Å²) in [5, 5.41) is 13.7. The van der Waals surface area contributed by atoms with Crippen LogP contribution in [0, 0.1) is 0 Å². The molecule has 3 N–H and O–H groups in total. The van der Waals surface area contributed by atoms with Gasteiger partial charge in [-0.15, -0.1) is 0 Å². The van der Waals surface area contributed by atoms with Gasteiger partial charge in [0.2, 0.25) is 5.91 Å². The number of hydrogen-bond donors (Lipinski definition) is 3. The van der Waals surface area contributed by atoms with Crippen molar-refractivity contribution >= 4 is 13.7 Å². The number of hydrogen-bond acceptors (Lipinski definition) is 5. The molecule has 0 radical (unpaired) electrons. The highest BCUT2D eigenvalue weighted by molar-refractivity contribution is 7.47. The third-order valence-electron chi connectivity index (χ3n) is 9.06. The van der Waals surface area contributed by atoms with Gasteiger partial charge >= 0.3 is 7.82 Å². The van der Waals surface area contributed by atoms with Crippen LogP contribution in [0.25, 0.3) is 0 Å². The van der Waals surface area contributed by atoms with Gasteiger partial charge in [0.05, 0.1) is 39.9 Å². The second-order valence-electron chi connectivity index (χ2n) is 15.4. The first-order valence-corrected chi connectivity index (χ1v) is 22.4. The van der Waals surface area contributed by atoms with Gasteiger partial charge in [-0.05, 0) is 51.4 Å². The molecule has 0 aliphatic heterocycles. The molecule has 1 amide bonds. The molecule has 0 spiro atoms. The lowest BCUT2D eigenvalue weighted by atomic mass is 10.0. The van der Waals surface area contributed by atoms with E-state index < -0.39 is 20.0 Å².